The number of imide groups is 1. The first-order chi connectivity index (χ1) is 21.4. The maximum Gasteiger partial charge on any atom is 0.328 e. The van der Waals surface area contributed by atoms with Crippen molar-refractivity contribution < 1.29 is 14.3 Å². The Hall–Kier alpha value is -3.83. The standard InChI is InChI=1S/C30H34ClN9O3S/c31-23-14-34-26(13-22(23)24-17-44-28(37-24)35-19-30(18-32)5-11-43-12-6-30)36-21-2-8-39(9-3-21)16-20-1-7-33-15-25(20)40-10-4-27(41)38-29(40)42/h1,7,13-15,17,21H,2-6,8-12,16,19H2,(H,34,36)(H,35,37)(H,38,41,42). The average molecular weight is 636 g/mol. The third-order valence-corrected chi connectivity index (χ3v) is 9.57. The molecule has 0 atom stereocenters. The van der Waals surface area contributed by atoms with Gasteiger partial charge in [-0.1, -0.05) is 11.6 Å². The van der Waals surface area contributed by atoms with Crippen molar-refractivity contribution in [2.45, 2.75) is 44.7 Å². The molecule has 0 radical (unpaired) electrons. The fourth-order valence-corrected chi connectivity index (χ4v) is 6.71. The zero-order valence-electron chi connectivity index (χ0n) is 24.2. The van der Waals surface area contributed by atoms with Crippen LogP contribution < -0.4 is 20.9 Å². The zero-order chi connectivity index (χ0) is 30.5. The summed E-state index contributed by atoms with van der Waals surface area (Å²) in [4.78, 5) is 41.5. The van der Waals surface area contributed by atoms with Crippen molar-refractivity contribution in [2.75, 3.05) is 54.9 Å². The smallest absolute Gasteiger partial charge is 0.328 e. The molecule has 3 aromatic heterocycles. The number of nitrogens with zero attached hydrogens (tertiary/aromatic N) is 6. The van der Waals surface area contributed by atoms with Gasteiger partial charge in [0, 0.05) is 81.7 Å². The first-order valence-electron chi connectivity index (χ1n) is 14.8. The van der Waals surface area contributed by atoms with E-state index in [1.54, 1.807) is 23.5 Å². The van der Waals surface area contributed by atoms with Crippen LogP contribution in [0.25, 0.3) is 11.3 Å². The molecule has 3 aromatic rings. The lowest BCUT2D eigenvalue weighted by Gasteiger charge is -2.34. The van der Waals surface area contributed by atoms with Crippen LogP contribution in [0.1, 0.15) is 37.7 Å². The number of halogens is 1. The van der Waals surface area contributed by atoms with Gasteiger partial charge in [-0.15, -0.1) is 11.3 Å². The molecule has 0 aliphatic carbocycles. The average Bonchev–Trinajstić information content (AvgIpc) is 3.52. The van der Waals surface area contributed by atoms with Crippen LogP contribution >= 0.6 is 22.9 Å². The van der Waals surface area contributed by atoms with E-state index in [2.05, 4.69) is 36.9 Å². The molecule has 6 heterocycles. The number of amides is 3. The lowest BCUT2D eigenvalue weighted by atomic mass is 9.82. The van der Waals surface area contributed by atoms with E-state index in [0.717, 1.165) is 59.4 Å². The summed E-state index contributed by atoms with van der Waals surface area (Å²) in [5.74, 6) is 0.496. The summed E-state index contributed by atoms with van der Waals surface area (Å²) < 4.78 is 5.43. The van der Waals surface area contributed by atoms with Gasteiger partial charge in [0.15, 0.2) is 5.13 Å². The van der Waals surface area contributed by atoms with Crippen LogP contribution in [0.2, 0.25) is 5.02 Å². The van der Waals surface area contributed by atoms with Crippen LogP contribution in [0.15, 0.2) is 36.1 Å². The highest BCUT2D eigenvalue weighted by Gasteiger charge is 2.33. The lowest BCUT2D eigenvalue weighted by Crippen LogP contribution is -2.50. The molecule has 3 saturated heterocycles. The van der Waals surface area contributed by atoms with Crippen LogP contribution in [0.5, 0.6) is 0 Å². The minimum Gasteiger partial charge on any atom is -0.381 e. The van der Waals surface area contributed by atoms with Crippen molar-refractivity contribution in [3.8, 4) is 17.3 Å². The number of nitriles is 1. The van der Waals surface area contributed by atoms with E-state index in [0.29, 0.717) is 50.7 Å². The van der Waals surface area contributed by atoms with Crippen molar-refractivity contribution in [2.24, 2.45) is 5.41 Å². The molecule has 0 unspecified atom stereocenters. The maximum atomic E-state index is 12.4. The number of ether oxygens (including phenoxy) is 1. The SMILES string of the molecule is N#CC1(CNc2nc(-c3cc(NC4CCN(Cc5ccncc5N5CCC(=O)NC5=O)CC4)ncc3Cl)cs2)CCOCC1. The summed E-state index contributed by atoms with van der Waals surface area (Å²) in [6.07, 6.45) is 8.64. The van der Waals surface area contributed by atoms with E-state index in [1.165, 1.54) is 11.3 Å². The molecule has 6 rings (SSSR count). The van der Waals surface area contributed by atoms with Gasteiger partial charge in [-0.3, -0.25) is 24.9 Å². The molecule has 3 aliphatic rings. The second-order valence-electron chi connectivity index (χ2n) is 11.4. The van der Waals surface area contributed by atoms with Crippen molar-refractivity contribution in [1.82, 2.24) is 25.2 Å². The molecule has 3 fully saturated rings. The summed E-state index contributed by atoms with van der Waals surface area (Å²) in [6.45, 7) is 4.54. The number of aromatic nitrogens is 3. The number of rotatable bonds is 9. The predicted octanol–water partition coefficient (Wildman–Crippen LogP) is 4.51. The molecule has 0 saturated carbocycles. The molecular weight excluding hydrogens is 602 g/mol. The van der Waals surface area contributed by atoms with Crippen LogP contribution in [-0.4, -0.2) is 77.2 Å². The van der Waals surface area contributed by atoms with E-state index in [1.807, 2.05) is 17.5 Å². The lowest BCUT2D eigenvalue weighted by molar-refractivity contribution is -0.120. The molecule has 3 aliphatic heterocycles. The topological polar surface area (TPSA) is 148 Å². The van der Waals surface area contributed by atoms with Crippen molar-refractivity contribution in [3.63, 3.8) is 0 Å². The number of thiazole rings is 1. The second-order valence-corrected chi connectivity index (χ2v) is 12.7. The monoisotopic (exact) mass is 635 g/mol. The van der Waals surface area contributed by atoms with E-state index in [-0.39, 0.29) is 18.4 Å². The van der Waals surface area contributed by atoms with Gasteiger partial charge in [-0.2, -0.15) is 5.26 Å². The van der Waals surface area contributed by atoms with Gasteiger partial charge >= 0.3 is 6.03 Å². The number of nitrogens with one attached hydrogen (secondary N) is 3. The Morgan fingerprint density at radius 3 is 2.80 bits per heavy atom. The highest BCUT2D eigenvalue weighted by atomic mass is 35.5. The first kappa shape index (κ1) is 30.2. The largest absolute Gasteiger partial charge is 0.381 e. The minimum absolute atomic E-state index is 0.248. The van der Waals surface area contributed by atoms with Gasteiger partial charge in [0.1, 0.15) is 5.82 Å². The fourth-order valence-electron chi connectivity index (χ4n) is 5.80. The molecule has 44 heavy (non-hydrogen) atoms. The number of anilines is 3. The third kappa shape index (κ3) is 6.94. The van der Waals surface area contributed by atoms with E-state index in [9.17, 15) is 14.9 Å². The predicted molar refractivity (Wildman–Crippen MR) is 169 cm³/mol. The molecule has 0 bridgehead atoms. The number of pyridine rings is 2. The number of hydrogen-bond donors (Lipinski definition) is 3. The Balaban J connectivity index is 1.04. The molecule has 3 N–H and O–H groups in total. The van der Waals surface area contributed by atoms with Crippen LogP contribution in [-0.2, 0) is 16.1 Å². The quantitative estimate of drug-likeness (QED) is 0.307. The normalized spacial score (nSPS) is 19.3. The molecule has 0 aromatic carbocycles. The van der Waals surface area contributed by atoms with Gasteiger partial charge in [0.05, 0.1) is 34.1 Å². The number of carbonyl (C=O) groups is 2. The Labute approximate surface area is 264 Å². The van der Waals surface area contributed by atoms with Crippen LogP contribution in [0.4, 0.5) is 21.4 Å². The maximum absolute atomic E-state index is 12.4. The van der Waals surface area contributed by atoms with Gasteiger partial charge in [-0.05, 0) is 43.4 Å². The molecule has 14 heteroatoms. The summed E-state index contributed by atoms with van der Waals surface area (Å²) in [6, 6.07) is 6.21. The first-order valence-corrected chi connectivity index (χ1v) is 16.0. The highest BCUT2D eigenvalue weighted by molar-refractivity contribution is 7.14. The summed E-state index contributed by atoms with van der Waals surface area (Å²) in [5.41, 5.74) is 2.88. The number of carbonyl (C=O) groups excluding carboxylic acids is 2. The Morgan fingerprint density at radius 1 is 1.20 bits per heavy atom. The number of urea groups is 1. The van der Waals surface area contributed by atoms with Gasteiger partial charge < -0.3 is 15.4 Å². The fraction of sp³-hybridized carbons (Fsp3) is 0.467. The molecule has 12 nitrogen and oxygen atoms in total. The highest BCUT2D eigenvalue weighted by Crippen LogP contribution is 2.34. The number of piperidine rings is 1. The number of likely N-dealkylation sites (tertiary alicyclic amines) is 1. The van der Waals surface area contributed by atoms with Crippen molar-refractivity contribution in [1.29, 1.82) is 5.26 Å². The summed E-state index contributed by atoms with van der Waals surface area (Å²) in [7, 11) is 0. The molecule has 3 amide bonds. The third-order valence-electron chi connectivity index (χ3n) is 8.47. The Kier molecular flexibility index (Phi) is 9.22. The summed E-state index contributed by atoms with van der Waals surface area (Å²) >= 11 is 8.04. The van der Waals surface area contributed by atoms with Gasteiger partial charge in [0.2, 0.25) is 5.91 Å². The van der Waals surface area contributed by atoms with E-state index >= 15 is 0 Å². The number of hydrogen-bond acceptors (Lipinski definition) is 11. The van der Waals surface area contributed by atoms with Gasteiger partial charge in [-0.25, -0.2) is 14.8 Å². The van der Waals surface area contributed by atoms with E-state index < -0.39 is 11.4 Å². The van der Waals surface area contributed by atoms with E-state index in [4.69, 9.17) is 21.3 Å². The van der Waals surface area contributed by atoms with Crippen molar-refractivity contribution >= 4 is 51.5 Å². The Bertz CT molecular complexity index is 1550. The van der Waals surface area contributed by atoms with Crippen LogP contribution in [0.3, 0.4) is 0 Å². The minimum atomic E-state index is -0.433. The van der Waals surface area contributed by atoms with Crippen molar-refractivity contribution in [3.05, 3.63) is 46.7 Å². The van der Waals surface area contributed by atoms with Crippen LogP contribution in [0, 0.1) is 16.7 Å². The Morgan fingerprint density at radius 2 is 2.02 bits per heavy atom. The molecule has 0 spiro atoms. The molecule has 230 valence electrons. The van der Waals surface area contributed by atoms with Gasteiger partial charge in [0.25, 0.3) is 0 Å². The molecular formula is C30H34ClN9O3S. The second kappa shape index (κ2) is 13.4. The zero-order valence-corrected chi connectivity index (χ0v) is 25.8. The summed E-state index contributed by atoms with van der Waals surface area (Å²) in [5, 5.41) is 22.3.